The number of hydrogen-bond donors (Lipinski definition) is 0. The minimum Gasteiger partial charge on any atom is -0.204 e. The van der Waals surface area contributed by atoms with Crippen LogP contribution in [0.4, 0.5) is 8.78 Å². The average molecular weight is 233 g/mol. The molecule has 1 heterocycles. The van der Waals surface area contributed by atoms with E-state index in [1.165, 1.54) is 6.07 Å². The van der Waals surface area contributed by atoms with Crippen LogP contribution in [0.15, 0.2) is 18.2 Å². The number of aromatic nitrogens is 2. The normalized spacial score (nSPS) is 10.5. The fraction of sp³-hybridized carbons (Fsp3) is 0. The van der Waals surface area contributed by atoms with Gasteiger partial charge in [-0.2, -0.15) is 8.75 Å². The summed E-state index contributed by atoms with van der Waals surface area (Å²) in [5, 5.41) is 0.195. The van der Waals surface area contributed by atoms with E-state index in [9.17, 15) is 8.78 Å². The first-order valence-corrected chi connectivity index (χ1v) is 4.73. The van der Waals surface area contributed by atoms with Crippen molar-refractivity contribution in [3.63, 3.8) is 0 Å². The van der Waals surface area contributed by atoms with Gasteiger partial charge in [0.15, 0.2) is 16.8 Å². The van der Waals surface area contributed by atoms with E-state index < -0.39 is 11.6 Å². The number of nitrogens with zero attached hydrogens (tertiary/aromatic N) is 2. The minimum absolute atomic E-state index is 0.195. The second-order valence-corrected chi connectivity index (χ2v) is 3.42. The number of halogens is 3. The highest BCUT2D eigenvalue weighted by Crippen LogP contribution is 2.26. The zero-order valence-corrected chi connectivity index (χ0v) is 8.24. The minimum atomic E-state index is -0.924. The smallest absolute Gasteiger partial charge is 0.170 e. The Kier molecular flexibility index (Phi) is 2.43. The monoisotopic (exact) mass is 232 g/mol. The quantitative estimate of drug-likeness (QED) is 0.755. The lowest BCUT2D eigenvalue weighted by Crippen LogP contribution is -1.85. The second-order valence-electron chi connectivity index (χ2n) is 2.53. The third-order valence-corrected chi connectivity index (χ3v) is 2.53. The first kappa shape index (κ1) is 9.48. The Morgan fingerprint density at radius 1 is 1.14 bits per heavy atom. The molecule has 1 aromatic carbocycles. The topological polar surface area (TPSA) is 25.8 Å². The summed E-state index contributed by atoms with van der Waals surface area (Å²) in [4.78, 5) is 0. The maximum atomic E-state index is 12.8. The van der Waals surface area contributed by atoms with Gasteiger partial charge >= 0.3 is 0 Å². The van der Waals surface area contributed by atoms with E-state index in [4.69, 9.17) is 11.6 Å². The van der Waals surface area contributed by atoms with Crippen molar-refractivity contribution in [1.29, 1.82) is 0 Å². The van der Waals surface area contributed by atoms with Gasteiger partial charge in [-0.25, -0.2) is 8.78 Å². The largest absolute Gasteiger partial charge is 0.204 e. The molecular weight excluding hydrogens is 230 g/mol. The summed E-state index contributed by atoms with van der Waals surface area (Å²) in [6, 6.07) is 3.47. The second kappa shape index (κ2) is 3.59. The van der Waals surface area contributed by atoms with E-state index in [0.29, 0.717) is 11.3 Å². The third kappa shape index (κ3) is 1.60. The molecule has 0 aliphatic heterocycles. The molecular formula is C8H3ClF2N2S. The van der Waals surface area contributed by atoms with Gasteiger partial charge in [0, 0.05) is 5.56 Å². The van der Waals surface area contributed by atoms with Gasteiger partial charge in [-0.1, -0.05) is 11.6 Å². The van der Waals surface area contributed by atoms with Crippen molar-refractivity contribution in [2.45, 2.75) is 0 Å². The van der Waals surface area contributed by atoms with Crippen LogP contribution in [0.5, 0.6) is 0 Å². The highest BCUT2D eigenvalue weighted by Gasteiger charge is 2.10. The van der Waals surface area contributed by atoms with Gasteiger partial charge in [-0.15, -0.1) is 0 Å². The molecule has 0 aliphatic rings. The molecule has 72 valence electrons. The summed E-state index contributed by atoms with van der Waals surface area (Å²) < 4.78 is 33.0. The molecule has 0 fully saturated rings. The van der Waals surface area contributed by atoms with Crippen molar-refractivity contribution in [2.75, 3.05) is 0 Å². The molecule has 2 aromatic rings. The zero-order valence-electron chi connectivity index (χ0n) is 6.67. The molecule has 0 saturated carbocycles. The van der Waals surface area contributed by atoms with E-state index >= 15 is 0 Å². The van der Waals surface area contributed by atoms with Gasteiger partial charge in [0.25, 0.3) is 0 Å². The van der Waals surface area contributed by atoms with Crippen molar-refractivity contribution >= 4 is 23.3 Å². The molecule has 0 amide bonds. The van der Waals surface area contributed by atoms with Crippen LogP contribution < -0.4 is 0 Å². The van der Waals surface area contributed by atoms with E-state index in [0.717, 1.165) is 23.9 Å². The van der Waals surface area contributed by atoms with E-state index in [1.807, 2.05) is 0 Å². The Bertz CT molecular complexity index is 472. The van der Waals surface area contributed by atoms with E-state index in [-0.39, 0.29) is 5.15 Å². The molecule has 6 heteroatoms. The fourth-order valence-corrected chi connectivity index (χ4v) is 1.76. The molecule has 2 rings (SSSR count). The lowest BCUT2D eigenvalue weighted by atomic mass is 10.1. The summed E-state index contributed by atoms with van der Waals surface area (Å²) in [5.41, 5.74) is 0.790. The molecule has 0 atom stereocenters. The van der Waals surface area contributed by atoms with Crippen molar-refractivity contribution in [3.05, 3.63) is 35.0 Å². The Hall–Kier alpha value is -1.07. The molecule has 14 heavy (non-hydrogen) atoms. The average Bonchev–Trinajstić information content (AvgIpc) is 2.57. The summed E-state index contributed by atoms with van der Waals surface area (Å²) in [6.45, 7) is 0. The maximum Gasteiger partial charge on any atom is 0.170 e. The highest BCUT2D eigenvalue weighted by molar-refractivity contribution is 6.99. The van der Waals surface area contributed by atoms with Crippen molar-refractivity contribution in [1.82, 2.24) is 8.75 Å². The zero-order chi connectivity index (χ0) is 10.1. The van der Waals surface area contributed by atoms with Gasteiger partial charge in [-0.05, 0) is 18.2 Å². The van der Waals surface area contributed by atoms with Crippen LogP contribution in [0, 0.1) is 11.6 Å². The van der Waals surface area contributed by atoms with Gasteiger partial charge in [0.1, 0.15) is 5.69 Å². The molecule has 0 spiro atoms. The van der Waals surface area contributed by atoms with Crippen LogP contribution in [0.2, 0.25) is 5.15 Å². The molecule has 0 N–H and O–H groups in total. The summed E-state index contributed by atoms with van der Waals surface area (Å²) in [7, 11) is 0. The van der Waals surface area contributed by atoms with Gasteiger partial charge in [0.2, 0.25) is 0 Å². The summed E-state index contributed by atoms with van der Waals surface area (Å²) in [6.07, 6.45) is 0. The lowest BCUT2D eigenvalue weighted by molar-refractivity contribution is 0.509. The Labute approximate surface area is 87.5 Å². The molecule has 0 unspecified atom stereocenters. The molecule has 2 nitrogen and oxygen atoms in total. The van der Waals surface area contributed by atoms with Crippen molar-refractivity contribution < 1.29 is 8.78 Å². The molecule has 0 bridgehead atoms. The standard InChI is InChI=1S/C8H3ClF2N2S/c9-8-7(12-14-13-8)4-1-2-5(10)6(11)3-4/h1-3H. The Morgan fingerprint density at radius 2 is 1.93 bits per heavy atom. The first-order valence-electron chi connectivity index (χ1n) is 3.62. The van der Waals surface area contributed by atoms with Gasteiger partial charge in [0.05, 0.1) is 11.7 Å². The SMILES string of the molecule is Fc1ccc(-c2nsnc2Cl)cc1F. The van der Waals surface area contributed by atoms with Crippen LogP contribution >= 0.6 is 23.3 Å². The van der Waals surface area contributed by atoms with E-state index in [2.05, 4.69) is 8.75 Å². The molecule has 1 aromatic heterocycles. The maximum absolute atomic E-state index is 12.8. The third-order valence-electron chi connectivity index (χ3n) is 1.64. The Balaban J connectivity index is 2.53. The van der Waals surface area contributed by atoms with Crippen LogP contribution in [-0.4, -0.2) is 8.75 Å². The van der Waals surface area contributed by atoms with Crippen molar-refractivity contribution in [3.8, 4) is 11.3 Å². The number of benzene rings is 1. The molecule has 0 radical (unpaired) electrons. The molecule has 0 saturated heterocycles. The van der Waals surface area contributed by atoms with Crippen LogP contribution in [-0.2, 0) is 0 Å². The Morgan fingerprint density at radius 3 is 2.50 bits per heavy atom. The van der Waals surface area contributed by atoms with Crippen molar-refractivity contribution in [2.24, 2.45) is 0 Å². The van der Waals surface area contributed by atoms with Gasteiger partial charge in [-0.3, -0.25) is 0 Å². The van der Waals surface area contributed by atoms with Crippen LogP contribution in [0.25, 0.3) is 11.3 Å². The number of hydrogen-bond acceptors (Lipinski definition) is 3. The predicted octanol–water partition coefficient (Wildman–Crippen LogP) is 3.14. The lowest BCUT2D eigenvalue weighted by Gasteiger charge is -1.97. The fourth-order valence-electron chi connectivity index (χ4n) is 0.993. The predicted molar refractivity (Wildman–Crippen MR) is 50.3 cm³/mol. The van der Waals surface area contributed by atoms with Crippen LogP contribution in [0.1, 0.15) is 0 Å². The number of rotatable bonds is 1. The van der Waals surface area contributed by atoms with Crippen LogP contribution in [0.3, 0.4) is 0 Å². The highest BCUT2D eigenvalue weighted by atomic mass is 35.5. The molecule has 0 aliphatic carbocycles. The summed E-state index contributed by atoms with van der Waals surface area (Å²) >= 11 is 6.61. The van der Waals surface area contributed by atoms with E-state index in [1.54, 1.807) is 0 Å². The van der Waals surface area contributed by atoms with Gasteiger partial charge < -0.3 is 0 Å². The first-order chi connectivity index (χ1) is 6.68. The summed E-state index contributed by atoms with van der Waals surface area (Å²) in [5.74, 6) is -1.82.